The maximum atomic E-state index is 13.0. The number of carboxylic acid groups (broad SMARTS) is 1. The summed E-state index contributed by atoms with van der Waals surface area (Å²) >= 11 is 0. The number of carboxylic acids is 1. The van der Waals surface area contributed by atoms with Crippen LogP contribution >= 0.6 is 0 Å². The fourth-order valence-electron chi connectivity index (χ4n) is 1.52. The molecule has 0 aliphatic heterocycles. The molecule has 0 aliphatic carbocycles. The van der Waals surface area contributed by atoms with E-state index in [1.807, 2.05) is 0 Å². The smallest absolute Gasteiger partial charge is 0.333 e. The van der Waals surface area contributed by atoms with Crippen LogP contribution < -0.4 is 0 Å². The molecule has 0 aliphatic rings. The summed E-state index contributed by atoms with van der Waals surface area (Å²) in [5.41, 5.74) is 0.358. The maximum Gasteiger partial charge on any atom is 0.333 e. The van der Waals surface area contributed by atoms with E-state index in [0.717, 1.165) is 0 Å². The lowest BCUT2D eigenvalue weighted by atomic mass is 10.1. The van der Waals surface area contributed by atoms with Crippen LogP contribution in [0, 0.1) is 5.82 Å². The average Bonchev–Trinajstić information content (AvgIpc) is 2.71. The Morgan fingerprint density at radius 3 is 2.81 bits per heavy atom. The molecule has 2 rings (SSSR count). The molecule has 0 amide bonds. The first kappa shape index (κ1) is 10.4. The number of benzene rings is 1. The van der Waals surface area contributed by atoms with Gasteiger partial charge >= 0.3 is 5.97 Å². The maximum absolute atomic E-state index is 13.0. The number of nitrogens with zero attached hydrogens (tertiary/aromatic N) is 2. The Morgan fingerprint density at radius 2 is 2.25 bits per heavy atom. The minimum Gasteiger partial charge on any atom is -0.479 e. The number of aromatic nitrogens is 2. The van der Waals surface area contributed by atoms with Crippen molar-refractivity contribution in [1.29, 1.82) is 0 Å². The fourth-order valence-corrected chi connectivity index (χ4v) is 1.52. The summed E-state index contributed by atoms with van der Waals surface area (Å²) in [6.45, 7) is 0. The van der Waals surface area contributed by atoms with Crippen molar-refractivity contribution in [2.45, 2.75) is 6.04 Å². The van der Waals surface area contributed by atoms with Crippen molar-refractivity contribution in [3.05, 3.63) is 54.1 Å². The van der Waals surface area contributed by atoms with Gasteiger partial charge in [-0.25, -0.2) is 9.18 Å². The van der Waals surface area contributed by atoms with E-state index in [4.69, 9.17) is 5.11 Å². The highest BCUT2D eigenvalue weighted by Gasteiger charge is 2.22. The van der Waals surface area contributed by atoms with Crippen LogP contribution in [0.15, 0.2) is 42.7 Å². The van der Waals surface area contributed by atoms with Crippen LogP contribution in [0.4, 0.5) is 4.39 Å². The van der Waals surface area contributed by atoms with Crippen LogP contribution in [0.25, 0.3) is 0 Å². The van der Waals surface area contributed by atoms with Crippen LogP contribution in [0.1, 0.15) is 11.6 Å². The van der Waals surface area contributed by atoms with E-state index in [1.165, 1.54) is 35.3 Å². The molecule has 1 N–H and O–H groups in total. The normalized spacial score (nSPS) is 12.3. The van der Waals surface area contributed by atoms with Crippen LogP contribution in [-0.2, 0) is 4.79 Å². The molecule has 0 saturated carbocycles. The minimum absolute atomic E-state index is 0.358. The van der Waals surface area contributed by atoms with Crippen LogP contribution in [0.3, 0.4) is 0 Å². The summed E-state index contributed by atoms with van der Waals surface area (Å²) in [5.74, 6) is -1.54. The standard InChI is InChI=1S/C11H9FN2O2/c12-9-4-1-3-8(7-9)10(11(15)16)14-6-2-5-13-14/h1-7,10H,(H,15,16). The third-order valence-electron chi connectivity index (χ3n) is 2.19. The summed E-state index contributed by atoms with van der Waals surface area (Å²) in [4.78, 5) is 11.1. The number of hydrogen-bond donors (Lipinski definition) is 1. The second kappa shape index (κ2) is 4.14. The first-order valence-electron chi connectivity index (χ1n) is 4.66. The van der Waals surface area contributed by atoms with Crippen LogP contribution in [-0.4, -0.2) is 20.9 Å². The van der Waals surface area contributed by atoms with Gasteiger partial charge in [-0.2, -0.15) is 5.10 Å². The monoisotopic (exact) mass is 220 g/mol. The lowest BCUT2D eigenvalue weighted by Crippen LogP contribution is -2.20. The second-order valence-corrected chi connectivity index (χ2v) is 3.28. The van der Waals surface area contributed by atoms with Gasteiger partial charge in [-0.15, -0.1) is 0 Å². The topological polar surface area (TPSA) is 55.1 Å². The molecular weight excluding hydrogens is 211 g/mol. The molecule has 4 nitrogen and oxygen atoms in total. The van der Waals surface area contributed by atoms with Crippen molar-refractivity contribution < 1.29 is 14.3 Å². The highest BCUT2D eigenvalue weighted by molar-refractivity contribution is 5.75. The predicted octanol–water partition coefficient (Wildman–Crippen LogP) is 1.70. The third-order valence-corrected chi connectivity index (χ3v) is 2.19. The lowest BCUT2D eigenvalue weighted by molar-refractivity contribution is -0.139. The Labute approximate surface area is 90.9 Å². The van der Waals surface area contributed by atoms with Crippen LogP contribution in [0.2, 0.25) is 0 Å². The quantitative estimate of drug-likeness (QED) is 0.856. The van der Waals surface area contributed by atoms with E-state index in [1.54, 1.807) is 12.1 Å². The zero-order chi connectivity index (χ0) is 11.5. The Morgan fingerprint density at radius 1 is 1.44 bits per heavy atom. The van der Waals surface area contributed by atoms with Crippen LogP contribution in [0.5, 0.6) is 0 Å². The van der Waals surface area contributed by atoms with Gasteiger partial charge in [0.1, 0.15) is 5.82 Å². The van der Waals surface area contributed by atoms with Crippen molar-refractivity contribution in [2.24, 2.45) is 0 Å². The molecule has 1 aromatic carbocycles. The molecule has 16 heavy (non-hydrogen) atoms. The molecule has 0 radical (unpaired) electrons. The van der Waals surface area contributed by atoms with Gasteiger partial charge in [0.25, 0.3) is 0 Å². The largest absolute Gasteiger partial charge is 0.479 e. The lowest BCUT2D eigenvalue weighted by Gasteiger charge is -2.13. The molecule has 1 aromatic heterocycles. The van der Waals surface area contributed by atoms with E-state index < -0.39 is 17.8 Å². The van der Waals surface area contributed by atoms with Crippen molar-refractivity contribution >= 4 is 5.97 Å². The Balaban J connectivity index is 2.45. The summed E-state index contributed by atoms with van der Waals surface area (Å²) < 4.78 is 14.3. The predicted molar refractivity (Wildman–Crippen MR) is 54.4 cm³/mol. The summed E-state index contributed by atoms with van der Waals surface area (Å²) in [5, 5.41) is 13.0. The Bertz CT molecular complexity index is 496. The molecule has 1 unspecified atom stereocenters. The van der Waals surface area contributed by atoms with Gasteiger partial charge in [0.15, 0.2) is 6.04 Å². The highest BCUT2D eigenvalue weighted by atomic mass is 19.1. The van der Waals surface area contributed by atoms with E-state index >= 15 is 0 Å². The molecule has 0 saturated heterocycles. The Hall–Kier alpha value is -2.17. The number of rotatable bonds is 3. The molecule has 1 atom stereocenters. The minimum atomic E-state index is -1.07. The van der Waals surface area contributed by atoms with Gasteiger partial charge in [-0.3, -0.25) is 4.68 Å². The molecule has 0 fully saturated rings. The summed E-state index contributed by atoms with van der Waals surface area (Å²) in [6.07, 6.45) is 3.01. The second-order valence-electron chi connectivity index (χ2n) is 3.28. The number of carbonyl (C=O) groups is 1. The number of halogens is 1. The van der Waals surface area contributed by atoms with Crippen molar-refractivity contribution in [3.63, 3.8) is 0 Å². The molecule has 1 heterocycles. The molecule has 82 valence electrons. The van der Waals surface area contributed by atoms with Gasteiger partial charge in [0, 0.05) is 12.4 Å². The highest BCUT2D eigenvalue weighted by Crippen LogP contribution is 2.18. The van der Waals surface area contributed by atoms with Crippen molar-refractivity contribution in [3.8, 4) is 0 Å². The molecule has 5 heteroatoms. The molecule has 0 bridgehead atoms. The van der Waals surface area contributed by atoms with Crippen molar-refractivity contribution in [1.82, 2.24) is 9.78 Å². The number of hydrogen-bond acceptors (Lipinski definition) is 2. The first-order chi connectivity index (χ1) is 7.68. The van der Waals surface area contributed by atoms with Gasteiger partial charge in [0.05, 0.1) is 0 Å². The van der Waals surface area contributed by atoms with E-state index in [-0.39, 0.29) is 0 Å². The molecular formula is C11H9FN2O2. The third kappa shape index (κ3) is 1.93. The van der Waals surface area contributed by atoms with E-state index in [2.05, 4.69) is 5.10 Å². The van der Waals surface area contributed by atoms with Gasteiger partial charge < -0.3 is 5.11 Å². The SMILES string of the molecule is O=C(O)C(c1cccc(F)c1)n1cccn1. The first-order valence-corrected chi connectivity index (χ1v) is 4.66. The van der Waals surface area contributed by atoms with Gasteiger partial charge in [0.2, 0.25) is 0 Å². The summed E-state index contributed by atoms with van der Waals surface area (Å²) in [6, 6.07) is 6.13. The average molecular weight is 220 g/mol. The molecule has 2 aromatic rings. The molecule has 0 spiro atoms. The fraction of sp³-hybridized carbons (Fsp3) is 0.0909. The van der Waals surface area contributed by atoms with Gasteiger partial charge in [-0.1, -0.05) is 12.1 Å². The van der Waals surface area contributed by atoms with E-state index in [0.29, 0.717) is 5.56 Å². The van der Waals surface area contributed by atoms with Gasteiger partial charge in [-0.05, 0) is 23.8 Å². The zero-order valence-corrected chi connectivity index (χ0v) is 8.25. The zero-order valence-electron chi connectivity index (χ0n) is 8.25. The van der Waals surface area contributed by atoms with E-state index in [9.17, 15) is 9.18 Å². The van der Waals surface area contributed by atoms with Crippen molar-refractivity contribution in [2.75, 3.05) is 0 Å². The summed E-state index contributed by atoms with van der Waals surface area (Å²) in [7, 11) is 0. The Kier molecular flexibility index (Phi) is 2.68. The number of aliphatic carboxylic acids is 1.